The summed E-state index contributed by atoms with van der Waals surface area (Å²) in [6.45, 7) is 2.73. The number of nitrogens with zero attached hydrogens (tertiary/aromatic N) is 1. The van der Waals surface area contributed by atoms with Crippen LogP contribution in [0.3, 0.4) is 0 Å². The third kappa shape index (κ3) is 3.52. The standard InChI is InChI=1S/C13H18N4O2S2/c1-9-10(6-15-17-9)7-16-21(18,19)13-4-5-20-12(13)8-14-11-2-3-11/h4-6,11,14,16H,2-3,7-8H2,1H3,(H,15,17). The monoisotopic (exact) mass is 326 g/mol. The van der Waals surface area contributed by atoms with E-state index in [0.29, 0.717) is 17.5 Å². The Labute approximate surface area is 128 Å². The Hall–Kier alpha value is -1.22. The quantitative estimate of drug-likeness (QED) is 0.720. The van der Waals surface area contributed by atoms with Gasteiger partial charge in [-0.1, -0.05) is 0 Å². The summed E-state index contributed by atoms with van der Waals surface area (Å²) in [5.41, 5.74) is 1.73. The van der Waals surface area contributed by atoms with Gasteiger partial charge >= 0.3 is 0 Å². The van der Waals surface area contributed by atoms with Crippen LogP contribution in [0.5, 0.6) is 0 Å². The lowest BCUT2D eigenvalue weighted by molar-refractivity contribution is 0.579. The molecule has 1 aliphatic carbocycles. The molecule has 3 N–H and O–H groups in total. The van der Waals surface area contributed by atoms with Gasteiger partial charge in [0, 0.05) is 35.3 Å². The van der Waals surface area contributed by atoms with Crippen LogP contribution in [0.1, 0.15) is 29.0 Å². The molecule has 8 heteroatoms. The number of H-pyrrole nitrogens is 1. The maximum Gasteiger partial charge on any atom is 0.242 e. The second-order valence-corrected chi connectivity index (χ2v) is 7.94. The van der Waals surface area contributed by atoms with E-state index in [1.807, 2.05) is 12.3 Å². The van der Waals surface area contributed by atoms with Gasteiger partial charge in [-0.15, -0.1) is 11.3 Å². The van der Waals surface area contributed by atoms with E-state index < -0.39 is 10.0 Å². The molecule has 1 fully saturated rings. The number of hydrogen-bond donors (Lipinski definition) is 3. The van der Waals surface area contributed by atoms with Crippen molar-refractivity contribution in [3.63, 3.8) is 0 Å². The largest absolute Gasteiger partial charge is 0.309 e. The highest BCUT2D eigenvalue weighted by Crippen LogP contribution is 2.25. The SMILES string of the molecule is Cc1[nH]ncc1CNS(=O)(=O)c1ccsc1CNC1CC1. The number of rotatable bonds is 7. The van der Waals surface area contributed by atoms with Crippen LogP contribution in [0.25, 0.3) is 0 Å². The van der Waals surface area contributed by atoms with E-state index in [-0.39, 0.29) is 6.54 Å². The second kappa shape index (κ2) is 5.88. The maximum absolute atomic E-state index is 12.4. The predicted molar refractivity (Wildman–Crippen MR) is 81.5 cm³/mol. The first-order valence-corrected chi connectivity index (χ1v) is 9.21. The molecule has 6 nitrogen and oxygen atoms in total. The summed E-state index contributed by atoms with van der Waals surface area (Å²) < 4.78 is 27.5. The fourth-order valence-electron chi connectivity index (χ4n) is 2.03. The van der Waals surface area contributed by atoms with Gasteiger partial charge < -0.3 is 5.32 Å². The van der Waals surface area contributed by atoms with E-state index in [1.54, 1.807) is 12.3 Å². The summed E-state index contributed by atoms with van der Waals surface area (Å²) in [5.74, 6) is 0. The first-order chi connectivity index (χ1) is 10.1. The third-order valence-corrected chi connectivity index (χ3v) is 6.05. The number of thiophene rings is 1. The van der Waals surface area contributed by atoms with Crippen molar-refractivity contribution in [3.8, 4) is 0 Å². The van der Waals surface area contributed by atoms with Crippen LogP contribution in [0.15, 0.2) is 22.5 Å². The minimum atomic E-state index is -3.49. The van der Waals surface area contributed by atoms with E-state index in [1.165, 1.54) is 24.2 Å². The summed E-state index contributed by atoms with van der Waals surface area (Å²) >= 11 is 1.47. The minimum absolute atomic E-state index is 0.246. The van der Waals surface area contributed by atoms with Crippen LogP contribution < -0.4 is 10.0 Å². The molecule has 0 unspecified atom stereocenters. The van der Waals surface area contributed by atoms with Crippen molar-refractivity contribution in [2.24, 2.45) is 0 Å². The van der Waals surface area contributed by atoms with Crippen LogP contribution >= 0.6 is 11.3 Å². The zero-order valence-corrected chi connectivity index (χ0v) is 13.4. The molecule has 0 radical (unpaired) electrons. The van der Waals surface area contributed by atoms with Crippen molar-refractivity contribution >= 4 is 21.4 Å². The van der Waals surface area contributed by atoms with E-state index in [4.69, 9.17) is 0 Å². The first kappa shape index (κ1) is 14.7. The van der Waals surface area contributed by atoms with Crippen LogP contribution in [-0.4, -0.2) is 24.7 Å². The minimum Gasteiger partial charge on any atom is -0.309 e. The van der Waals surface area contributed by atoms with Gasteiger partial charge in [-0.2, -0.15) is 5.10 Å². The number of aromatic amines is 1. The number of nitrogens with one attached hydrogen (secondary N) is 3. The summed E-state index contributed by atoms with van der Waals surface area (Å²) in [5, 5.41) is 11.9. The van der Waals surface area contributed by atoms with Crippen molar-refractivity contribution in [2.45, 2.75) is 43.8 Å². The molecule has 0 spiro atoms. The molecule has 1 saturated carbocycles. The average molecular weight is 326 g/mol. The van der Waals surface area contributed by atoms with Gasteiger partial charge in [-0.3, -0.25) is 5.10 Å². The molecule has 2 aromatic heterocycles. The van der Waals surface area contributed by atoms with Crippen molar-refractivity contribution in [1.82, 2.24) is 20.2 Å². The Bertz CT molecular complexity index is 716. The van der Waals surface area contributed by atoms with Crippen LogP contribution in [0, 0.1) is 6.92 Å². The lowest BCUT2D eigenvalue weighted by Gasteiger charge is -2.08. The van der Waals surface area contributed by atoms with Crippen molar-refractivity contribution in [2.75, 3.05) is 0 Å². The van der Waals surface area contributed by atoms with Gasteiger partial charge in [0.25, 0.3) is 0 Å². The first-order valence-electron chi connectivity index (χ1n) is 6.84. The lowest BCUT2D eigenvalue weighted by atomic mass is 10.3. The van der Waals surface area contributed by atoms with Crippen LogP contribution in [0.4, 0.5) is 0 Å². The summed E-state index contributed by atoms with van der Waals surface area (Å²) in [6.07, 6.45) is 4.01. The molecular formula is C13H18N4O2S2. The van der Waals surface area contributed by atoms with Crippen molar-refractivity contribution < 1.29 is 8.42 Å². The Morgan fingerprint density at radius 1 is 1.43 bits per heavy atom. The van der Waals surface area contributed by atoms with E-state index in [2.05, 4.69) is 20.2 Å². The molecule has 21 heavy (non-hydrogen) atoms. The van der Waals surface area contributed by atoms with Gasteiger partial charge in [0.05, 0.1) is 11.1 Å². The maximum atomic E-state index is 12.4. The molecule has 114 valence electrons. The zero-order valence-electron chi connectivity index (χ0n) is 11.7. The molecule has 2 heterocycles. The van der Waals surface area contributed by atoms with Gasteiger partial charge in [0.2, 0.25) is 10.0 Å². The normalized spacial score (nSPS) is 15.5. The highest BCUT2D eigenvalue weighted by molar-refractivity contribution is 7.89. The van der Waals surface area contributed by atoms with Crippen molar-refractivity contribution in [1.29, 1.82) is 0 Å². The molecule has 0 aromatic carbocycles. The smallest absolute Gasteiger partial charge is 0.242 e. The molecule has 3 rings (SSSR count). The Morgan fingerprint density at radius 3 is 2.90 bits per heavy atom. The highest BCUT2D eigenvalue weighted by Gasteiger charge is 2.23. The molecule has 1 aliphatic rings. The molecule has 2 aromatic rings. The third-order valence-electron chi connectivity index (χ3n) is 3.51. The topological polar surface area (TPSA) is 86.9 Å². The second-order valence-electron chi connectivity index (χ2n) is 5.21. The summed E-state index contributed by atoms with van der Waals surface area (Å²) in [7, 11) is -3.49. The zero-order chi connectivity index (χ0) is 14.9. The number of aromatic nitrogens is 2. The van der Waals surface area contributed by atoms with E-state index in [9.17, 15) is 8.42 Å². The van der Waals surface area contributed by atoms with Gasteiger partial charge in [0.15, 0.2) is 0 Å². The average Bonchev–Trinajstić information content (AvgIpc) is 2.98. The predicted octanol–water partition coefficient (Wildman–Crippen LogP) is 1.51. The fraction of sp³-hybridized carbons (Fsp3) is 0.462. The Morgan fingerprint density at radius 2 is 2.24 bits per heavy atom. The number of sulfonamides is 1. The number of hydrogen-bond acceptors (Lipinski definition) is 5. The molecular weight excluding hydrogens is 308 g/mol. The van der Waals surface area contributed by atoms with Crippen LogP contribution in [-0.2, 0) is 23.1 Å². The lowest BCUT2D eigenvalue weighted by Crippen LogP contribution is -2.25. The highest BCUT2D eigenvalue weighted by atomic mass is 32.2. The fourth-order valence-corrected chi connectivity index (χ4v) is 4.43. The van der Waals surface area contributed by atoms with Gasteiger partial charge in [-0.25, -0.2) is 13.1 Å². The van der Waals surface area contributed by atoms with Crippen LogP contribution in [0.2, 0.25) is 0 Å². The molecule has 0 atom stereocenters. The Balaban J connectivity index is 1.69. The van der Waals surface area contributed by atoms with Crippen molar-refractivity contribution in [3.05, 3.63) is 33.8 Å². The van der Waals surface area contributed by atoms with E-state index in [0.717, 1.165) is 16.1 Å². The van der Waals surface area contributed by atoms with Gasteiger partial charge in [-0.05, 0) is 31.2 Å². The van der Waals surface area contributed by atoms with Gasteiger partial charge in [0.1, 0.15) is 0 Å². The number of aryl methyl sites for hydroxylation is 1. The molecule has 0 aliphatic heterocycles. The molecule has 0 bridgehead atoms. The molecule has 0 saturated heterocycles. The summed E-state index contributed by atoms with van der Waals surface area (Å²) in [6, 6.07) is 2.23. The van der Waals surface area contributed by atoms with E-state index >= 15 is 0 Å². The Kier molecular flexibility index (Phi) is 4.12. The molecule has 0 amide bonds. The summed E-state index contributed by atoms with van der Waals surface area (Å²) in [4.78, 5) is 1.24.